The molecule has 1 aromatic carbocycles. The predicted octanol–water partition coefficient (Wildman–Crippen LogP) is 0.969. The summed E-state index contributed by atoms with van der Waals surface area (Å²) in [5.41, 5.74) is 0.454. The standard InChI is InChI=1S/C18H27N3O6S/c1-12(2)13(3)19-17(23)11-27-18(24)10-21(5)28(25,26)16-8-6-15(7-9-16)20-14(4)22/h6-9,12-13H,10-11H2,1-5H3,(H,19,23)(H,20,22). The summed E-state index contributed by atoms with van der Waals surface area (Å²) in [5.74, 6) is -1.34. The van der Waals surface area contributed by atoms with Crippen molar-refractivity contribution in [2.45, 2.75) is 38.6 Å². The number of carbonyl (C=O) groups is 3. The number of esters is 1. The van der Waals surface area contributed by atoms with Gasteiger partial charge in [0.05, 0.1) is 4.90 Å². The van der Waals surface area contributed by atoms with Gasteiger partial charge in [-0.1, -0.05) is 13.8 Å². The van der Waals surface area contributed by atoms with Crippen molar-refractivity contribution < 1.29 is 27.5 Å². The SMILES string of the molecule is CC(=O)Nc1ccc(S(=O)(=O)N(C)CC(=O)OCC(=O)NC(C)C(C)C)cc1. The lowest BCUT2D eigenvalue weighted by atomic mass is 10.1. The minimum Gasteiger partial charge on any atom is -0.455 e. The Kier molecular flexibility index (Phi) is 8.58. The second-order valence-electron chi connectivity index (χ2n) is 6.73. The van der Waals surface area contributed by atoms with Gasteiger partial charge in [-0.15, -0.1) is 0 Å². The zero-order valence-corrected chi connectivity index (χ0v) is 17.5. The molecule has 1 atom stereocenters. The van der Waals surface area contributed by atoms with Gasteiger partial charge >= 0.3 is 5.97 Å². The lowest BCUT2D eigenvalue weighted by molar-refractivity contribution is -0.148. The predicted molar refractivity (Wildman–Crippen MR) is 104 cm³/mol. The molecule has 156 valence electrons. The average Bonchev–Trinajstić information content (AvgIpc) is 2.59. The highest BCUT2D eigenvalue weighted by Crippen LogP contribution is 2.17. The number of carbonyl (C=O) groups excluding carboxylic acids is 3. The van der Waals surface area contributed by atoms with Crippen molar-refractivity contribution in [3.05, 3.63) is 24.3 Å². The number of hydrogen-bond donors (Lipinski definition) is 2. The molecule has 0 fully saturated rings. The van der Waals surface area contributed by atoms with Crippen molar-refractivity contribution >= 4 is 33.5 Å². The van der Waals surface area contributed by atoms with E-state index in [0.29, 0.717) is 5.69 Å². The number of sulfonamides is 1. The third-order valence-corrected chi connectivity index (χ3v) is 5.81. The maximum atomic E-state index is 12.5. The topological polar surface area (TPSA) is 122 Å². The maximum Gasteiger partial charge on any atom is 0.321 e. The summed E-state index contributed by atoms with van der Waals surface area (Å²) in [6.45, 7) is 6.05. The number of benzene rings is 1. The van der Waals surface area contributed by atoms with E-state index in [0.717, 1.165) is 4.31 Å². The molecule has 0 aromatic heterocycles. The largest absolute Gasteiger partial charge is 0.455 e. The Morgan fingerprint density at radius 2 is 1.68 bits per heavy atom. The van der Waals surface area contributed by atoms with Crippen LogP contribution in [-0.4, -0.2) is 56.7 Å². The number of rotatable bonds is 9. The van der Waals surface area contributed by atoms with Gasteiger partial charge < -0.3 is 15.4 Å². The second kappa shape index (κ2) is 10.2. The van der Waals surface area contributed by atoms with Crippen LogP contribution in [0.2, 0.25) is 0 Å². The third-order valence-electron chi connectivity index (χ3n) is 3.99. The minimum absolute atomic E-state index is 0.0413. The van der Waals surface area contributed by atoms with Crippen molar-refractivity contribution in [1.29, 1.82) is 0 Å². The summed E-state index contributed by atoms with van der Waals surface area (Å²) >= 11 is 0. The van der Waals surface area contributed by atoms with Crippen molar-refractivity contribution in [3.8, 4) is 0 Å². The third kappa shape index (κ3) is 7.28. The first kappa shape index (κ1) is 23.6. The Bertz CT molecular complexity index is 805. The summed E-state index contributed by atoms with van der Waals surface area (Å²) in [6.07, 6.45) is 0. The van der Waals surface area contributed by atoms with Gasteiger partial charge in [0.1, 0.15) is 6.54 Å². The van der Waals surface area contributed by atoms with Gasteiger partial charge in [0.25, 0.3) is 5.91 Å². The zero-order chi connectivity index (χ0) is 21.5. The van der Waals surface area contributed by atoms with Crippen LogP contribution in [0.25, 0.3) is 0 Å². The first-order valence-corrected chi connectivity index (χ1v) is 10.2. The number of hydrogen-bond acceptors (Lipinski definition) is 6. The molecular formula is C18H27N3O6S. The molecule has 28 heavy (non-hydrogen) atoms. The summed E-state index contributed by atoms with van der Waals surface area (Å²) < 4.78 is 30.7. The Hall–Kier alpha value is -2.46. The molecule has 1 aromatic rings. The molecule has 0 aliphatic carbocycles. The van der Waals surface area contributed by atoms with Gasteiger partial charge in [-0.3, -0.25) is 14.4 Å². The number of ether oxygens (including phenoxy) is 1. The Balaban J connectivity index is 2.62. The Morgan fingerprint density at radius 3 is 2.18 bits per heavy atom. The quantitative estimate of drug-likeness (QED) is 0.582. The number of likely N-dealkylation sites (N-methyl/N-ethyl adjacent to an activating group) is 1. The van der Waals surface area contributed by atoms with Crippen LogP contribution in [0, 0.1) is 5.92 Å². The summed E-state index contributed by atoms with van der Waals surface area (Å²) in [7, 11) is -2.69. The van der Waals surface area contributed by atoms with E-state index in [9.17, 15) is 22.8 Å². The highest BCUT2D eigenvalue weighted by atomic mass is 32.2. The van der Waals surface area contributed by atoms with Crippen molar-refractivity contribution in [2.24, 2.45) is 5.92 Å². The second-order valence-corrected chi connectivity index (χ2v) is 8.77. The molecule has 0 bridgehead atoms. The highest BCUT2D eigenvalue weighted by Gasteiger charge is 2.24. The van der Waals surface area contributed by atoms with E-state index < -0.39 is 35.1 Å². The summed E-state index contributed by atoms with van der Waals surface area (Å²) in [6, 6.07) is 5.46. The molecule has 0 spiro atoms. The molecule has 0 radical (unpaired) electrons. The number of nitrogens with zero attached hydrogens (tertiary/aromatic N) is 1. The lowest BCUT2D eigenvalue weighted by Crippen LogP contribution is -2.40. The fourth-order valence-corrected chi connectivity index (χ4v) is 3.13. The van der Waals surface area contributed by atoms with E-state index in [4.69, 9.17) is 4.74 Å². The summed E-state index contributed by atoms with van der Waals surface area (Å²) in [4.78, 5) is 34.6. The van der Waals surface area contributed by atoms with Gasteiger partial charge in [0.15, 0.2) is 6.61 Å². The molecule has 2 N–H and O–H groups in total. The molecule has 1 rings (SSSR count). The Labute approximate surface area is 165 Å². The van der Waals surface area contributed by atoms with E-state index in [2.05, 4.69) is 10.6 Å². The zero-order valence-electron chi connectivity index (χ0n) is 16.7. The molecule has 10 heteroatoms. The molecule has 0 heterocycles. The van der Waals surface area contributed by atoms with Crippen LogP contribution in [-0.2, 0) is 29.1 Å². The van der Waals surface area contributed by atoms with Gasteiger partial charge in [-0.2, -0.15) is 4.31 Å². The van der Waals surface area contributed by atoms with Crippen molar-refractivity contribution in [1.82, 2.24) is 9.62 Å². The van der Waals surface area contributed by atoms with E-state index in [1.807, 2.05) is 20.8 Å². The van der Waals surface area contributed by atoms with Crippen molar-refractivity contribution in [3.63, 3.8) is 0 Å². The smallest absolute Gasteiger partial charge is 0.321 e. The first-order chi connectivity index (χ1) is 12.9. The lowest BCUT2D eigenvalue weighted by Gasteiger charge is -2.18. The molecule has 1 unspecified atom stereocenters. The molecule has 0 saturated heterocycles. The molecule has 0 saturated carbocycles. The molecular weight excluding hydrogens is 386 g/mol. The molecule has 9 nitrogen and oxygen atoms in total. The normalized spacial score (nSPS) is 12.5. The molecule has 0 aliphatic heterocycles. The first-order valence-electron chi connectivity index (χ1n) is 8.72. The van der Waals surface area contributed by atoms with Gasteiger partial charge in [-0.25, -0.2) is 8.42 Å². The van der Waals surface area contributed by atoms with Gasteiger partial charge in [-0.05, 0) is 37.1 Å². The number of anilines is 1. The van der Waals surface area contributed by atoms with E-state index in [1.165, 1.54) is 38.2 Å². The van der Waals surface area contributed by atoms with Gasteiger partial charge in [0, 0.05) is 25.7 Å². The monoisotopic (exact) mass is 413 g/mol. The Morgan fingerprint density at radius 1 is 1.11 bits per heavy atom. The molecule has 2 amide bonds. The van der Waals surface area contributed by atoms with E-state index >= 15 is 0 Å². The van der Waals surface area contributed by atoms with E-state index in [1.54, 1.807) is 0 Å². The van der Waals surface area contributed by atoms with Crippen LogP contribution < -0.4 is 10.6 Å². The van der Waals surface area contributed by atoms with Crippen LogP contribution in [0.3, 0.4) is 0 Å². The minimum atomic E-state index is -3.93. The fraction of sp³-hybridized carbons (Fsp3) is 0.500. The highest BCUT2D eigenvalue weighted by molar-refractivity contribution is 7.89. The summed E-state index contributed by atoms with van der Waals surface area (Å²) in [5, 5.41) is 5.22. The van der Waals surface area contributed by atoms with E-state index in [-0.39, 0.29) is 22.8 Å². The fourth-order valence-electron chi connectivity index (χ4n) is 2.01. The number of nitrogens with one attached hydrogen (secondary N) is 2. The van der Waals surface area contributed by atoms with Crippen LogP contribution in [0.5, 0.6) is 0 Å². The number of amides is 2. The maximum absolute atomic E-state index is 12.5. The van der Waals surface area contributed by atoms with Crippen LogP contribution in [0.15, 0.2) is 29.2 Å². The average molecular weight is 413 g/mol. The van der Waals surface area contributed by atoms with Crippen LogP contribution >= 0.6 is 0 Å². The van der Waals surface area contributed by atoms with Crippen LogP contribution in [0.4, 0.5) is 5.69 Å². The van der Waals surface area contributed by atoms with Crippen LogP contribution in [0.1, 0.15) is 27.7 Å². The molecule has 0 aliphatic rings. The van der Waals surface area contributed by atoms with Gasteiger partial charge in [0.2, 0.25) is 15.9 Å². The van der Waals surface area contributed by atoms with Crippen molar-refractivity contribution in [2.75, 3.05) is 25.5 Å².